The van der Waals surface area contributed by atoms with Crippen molar-refractivity contribution < 1.29 is 19.7 Å². The maximum absolute atomic E-state index is 10.6. The van der Waals surface area contributed by atoms with Crippen molar-refractivity contribution in [2.24, 2.45) is 0 Å². The number of halogens is 1. The quantitative estimate of drug-likeness (QED) is 0.336. The topological polar surface area (TPSA) is 155 Å². The molecule has 4 atom stereocenters. The van der Waals surface area contributed by atoms with Gasteiger partial charge in [-0.1, -0.05) is 0 Å². The molecule has 0 aliphatic carbocycles. The zero-order chi connectivity index (χ0) is 21.7. The molecule has 11 heteroatoms. The summed E-state index contributed by atoms with van der Waals surface area (Å²) in [5.74, 6) is 1.25. The Bertz CT molecular complexity index is 1280. The van der Waals surface area contributed by atoms with Crippen LogP contribution in [0.5, 0.6) is 5.75 Å². The lowest BCUT2D eigenvalue weighted by molar-refractivity contribution is -0.0471. The lowest BCUT2D eigenvalue weighted by Gasteiger charge is -2.17. The summed E-state index contributed by atoms with van der Waals surface area (Å²) in [4.78, 5) is 12.5. The number of ether oxygens (including phenoxy) is 2. The second kappa shape index (κ2) is 7.61. The van der Waals surface area contributed by atoms with E-state index in [1.54, 1.807) is 29.0 Å². The summed E-state index contributed by atoms with van der Waals surface area (Å²) >= 11 is 3.36. The fourth-order valence-corrected chi connectivity index (χ4v) is 4.03. The van der Waals surface area contributed by atoms with Gasteiger partial charge >= 0.3 is 0 Å². The molecular weight excluding hydrogens is 468 g/mol. The Balaban J connectivity index is 1.34. The van der Waals surface area contributed by atoms with E-state index in [-0.39, 0.29) is 6.61 Å². The standard InChI is InChI=1S/C20H19BrN6O4/c21-12-5-9-1-2-10(6-13(9)26-18(12)23)30-7-14-15(28)16(29)20(31-14)27-4-3-11-17(22)24-8-25-19(11)27/h1-6,8,14-16,20,28-29H,7H2,(H2,23,26)(H2,22,24,25)/t14-,15-,16-,20-/m1/s1. The molecule has 0 amide bonds. The third-order valence-electron chi connectivity index (χ3n) is 5.34. The fourth-order valence-electron chi connectivity index (χ4n) is 3.70. The molecule has 6 N–H and O–H groups in total. The van der Waals surface area contributed by atoms with E-state index < -0.39 is 24.5 Å². The lowest BCUT2D eigenvalue weighted by atomic mass is 10.1. The average molecular weight is 487 g/mol. The van der Waals surface area contributed by atoms with E-state index in [4.69, 9.17) is 20.9 Å². The minimum absolute atomic E-state index is 0.0303. The first-order valence-corrected chi connectivity index (χ1v) is 10.3. The molecule has 0 spiro atoms. The van der Waals surface area contributed by atoms with Crippen LogP contribution in [0.2, 0.25) is 0 Å². The molecule has 4 heterocycles. The lowest BCUT2D eigenvalue weighted by Crippen LogP contribution is -2.34. The third-order valence-corrected chi connectivity index (χ3v) is 5.97. The molecule has 0 unspecified atom stereocenters. The number of hydrogen-bond acceptors (Lipinski definition) is 9. The maximum atomic E-state index is 10.6. The molecule has 1 aliphatic rings. The monoisotopic (exact) mass is 486 g/mol. The average Bonchev–Trinajstić information content (AvgIpc) is 3.30. The van der Waals surface area contributed by atoms with E-state index in [9.17, 15) is 10.2 Å². The van der Waals surface area contributed by atoms with Crippen molar-refractivity contribution in [3.8, 4) is 5.75 Å². The Labute approximate surface area is 184 Å². The van der Waals surface area contributed by atoms with Gasteiger partial charge in [0.05, 0.1) is 15.4 Å². The molecule has 160 valence electrons. The van der Waals surface area contributed by atoms with Crippen LogP contribution in [0.15, 0.2) is 47.3 Å². The molecule has 0 radical (unpaired) electrons. The van der Waals surface area contributed by atoms with Gasteiger partial charge in [-0.05, 0) is 40.2 Å². The molecule has 31 heavy (non-hydrogen) atoms. The molecule has 1 fully saturated rings. The number of pyridine rings is 1. The number of fused-ring (bicyclic) bond motifs is 2. The van der Waals surface area contributed by atoms with Gasteiger partial charge in [-0.25, -0.2) is 15.0 Å². The number of anilines is 2. The molecular formula is C20H19BrN6O4. The van der Waals surface area contributed by atoms with Crippen LogP contribution in [0.3, 0.4) is 0 Å². The first-order valence-electron chi connectivity index (χ1n) is 9.49. The van der Waals surface area contributed by atoms with Crippen molar-refractivity contribution in [1.29, 1.82) is 0 Å². The highest BCUT2D eigenvalue weighted by atomic mass is 79.9. The van der Waals surface area contributed by atoms with Gasteiger partial charge in [-0.2, -0.15) is 0 Å². The molecule has 1 aliphatic heterocycles. The molecule has 4 aromatic rings. The zero-order valence-corrected chi connectivity index (χ0v) is 17.7. The van der Waals surface area contributed by atoms with E-state index in [1.807, 2.05) is 12.1 Å². The van der Waals surface area contributed by atoms with Gasteiger partial charge in [-0.15, -0.1) is 0 Å². The predicted molar refractivity (Wildman–Crippen MR) is 117 cm³/mol. The molecule has 10 nitrogen and oxygen atoms in total. The van der Waals surface area contributed by atoms with Gasteiger partial charge < -0.3 is 35.7 Å². The number of hydrogen-bond donors (Lipinski definition) is 4. The van der Waals surface area contributed by atoms with Crippen molar-refractivity contribution in [1.82, 2.24) is 19.5 Å². The summed E-state index contributed by atoms with van der Waals surface area (Å²) in [5, 5.41) is 22.6. The smallest absolute Gasteiger partial charge is 0.164 e. The number of aliphatic hydroxyl groups excluding tert-OH is 2. The Hall–Kier alpha value is -2.99. The van der Waals surface area contributed by atoms with Gasteiger partial charge in [0.1, 0.15) is 54.3 Å². The van der Waals surface area contributed by atoms with Crippen LogP contribution in [-0.2, 0) is 4.74 Å². The number of benzene rings is 1. The first-order chi connectivity index (χ1) is 14.9. The number of aliphatic hydroxyl groups is 2. The summed E-state index contributed by atoms with van der Waals surface area (Å²) in [6.45, 7) is 0.0303. The summed E-state index contributed by atoms with van der Waals surface area (Å²) in [5.41, 5.74) is 12.9. The highest BCUT2D eigenvalue weighted by molar-refractivity contribution is 9.10. The summed E-state index contributed by atoms with van der Waals surface area (Å²) in [6.07, 6.45) is -0.883. The zero-order valence-electron chi connectivity index (χ0n) is 16.1. The predicted octanol–water partition coefficient (Wildman–Crippen LogP) is 1.60. The number of aromatic nitrogens is 4. The maximum Gasteiger partial charge on any atom is 0.164 e. The fraction of sp³-hybridized carbons (Fsp3) is 0.250. The number of nitrogen functional groups attached to an aromatic ring is 2. The Morgan fingerprint density at radius 3 is 2.77 bits per heavy atom. The van der Waals surface area contributed by atoms with Crippen LogP contribution in [0.25, 0.3) is 21.9 Å². The van der Waals surface area contributed by atoms with Crippen LogP contribution in [0, 0.1) is 0 Å². The van der Waals surface area contributed by atoms with Crippen LogP contribution in [0.4, 0.5) is 11.6 Å². The normalized spacial score (nSPS) is 23.6. The van der Waals surface area contributed by atoms with Crippen LogP contribution >= 0.6 is 15.9 Å². The van der Waals surface area contributed by atoms with Crippen molar-refractivity contribution in [2.75, 3.05) is 18.1 Å². The number of rotatable bonds is 4. The minimum atomic E-state index is -1.17. The van der Waals surface area contributed by atoms with Crippen molar-refractivity contribution in [2.45, 2.75) is 24.5 Å². The van der Waals surface area contributed by atoms with E-state index in [1.165, 1.54) is 6.33 Å². The molecule has 0 bridgehead atoms. The van der Waals surface area contributed by atoms with Crippen LogP contribution in [0.1, 0.15) is 6.23 Å². The summed E-state index contributed by atoms with van der Waals surface area (Å²) in [6, 6.07) is 9.03. The van der Waals surface area contributed by atoms with E-state index in [0.29, 0.717) is 33.9 Å². The van der Waals surface area contributed by atoms with Gasteiger partial charge in [0.15, 0.2) is 6.23 Å². The molecule has 0 saturated carbocycles. The molecule has 5 rings (SSSR count). The SMILES string of the molecule is Nc1nc2cc(OC[C@H]3O[C@@H](n4ccc5c(N)ncnc54)[C@H](O)[C@@H]3O)ccc2cc1Br. The second-order valence-corrected chi connectivity index (χ2v) is 8.14. The largest absolute Gasteiger partial charge is 0.491 e. The molecule has 1 aromatic carbocycles. The number of nitrogens with zero attached hydrogens (tertiary/aromatic N) is 4. The van der Waals surface area contributed by atoms with Gasteiger partial charge in [0.2, 0.25) is 0 Å². The molecule has 1 saturated heterocycles. The second-order valence-electron chi connectivity index (χ2n) is 7.29. The van der Waals surface area contributed by atoms with Gasteiger partial charge in [0, 0.05) is 17.6 Å². The van der Waals surface area contributed by atoms with Crippen molar-refractivity contribution in [3.63, 3.8) is 0 Å². The van der Waals surface area contributed by atoms with Gasteiger partial charge in [0.25, 0.3) is 0 Å². The first kappa shape index (κ1) is 19.9. The Kier molecular flexibility index (Phi) is 4.89. The Morgan fingerprint density at radius 2 is 1.94 bits per heavy atom. The van der Waals surface area contributed by atoms with E-state index in [0.717, 1.165) is 9.86 Å². The Morgan fingerprint density at radius 1 is 1.10 bits per heavy atom. The third kappa shape index (κ3) is 3.45. The van der Waals surface area contributed by atoms with E-state index >= 15 is 0 Å². The summed E-state index contributed by atoms with van der Waals surface area (Å²) in [7, 11) is 0. The van der Waals surface area contributed by atoms with Crippen molar-refractivity contribution in [3.05, 3.63) is 47.3 Å². The minimum Gasteiger partial charge on any atom is -0.491 e. The molecule has 3 aromatic heterocycles. The van der Waals surface area contributed by atoms with Gasteiger partial charge in [-0.3, -0.25) is 0 Å². The van der Waals surface area contributed by atoms with E-state index in [2.05, 4.69) is 30.9 Å². The highest BCUT2D eigenvalue weighted by Gasteiger charge is 2.44. The van der Waals surface area contributed by atoms with Crippen molar-refractivity contribution >= 4 is 49.5 Å². The van der Waals surface area contributed by atoms with Crippen LogP contribution in [-0.4, -0.2) is 54.7 Å². The summed E-state index contributed by atoms with van der Waals surface area (Å²) < 4.78 is 14.1. The number of nitrogens with two attached hydrogens (primary N) is 2. The highest BCUT2D eigenvalue weighted by Crippen LogP contribution is 2.33. The van der Waals surface area contributed by atoms with Crippen LogP contribution < -0.4 is 16.2 Å².